The van der Waals surface area contributed by atoms with Crippen LogP contribution in [0.2, 0.25) is 0 Å². The molecule has 0 radical (unpaired) electrons. The zero-order chi connectivity index (χ0) is 17.9. The number of nitrogens with one attached hydrogen (secondary N) is 2. The molecule has 4 rings (SSSR count). The number of carbonyl (C=O) groups excluding carboxylic acids is 1. The summed E-state index contributed by atoms with van der Waals surface area (Å²) in [5, 5.41) is 16.5. The molecule has 2 aromatic carbocycles. The third-order valence-corrected chi connectivity index (χ3v) is 5.34. The van der Waals surface area contributed by atoms with E-state index in [9.17, 15) is 9.90 Å². The van der Waals surface area contributed by atoms with Gasteiger partial charge in [0.05, 0.1) is 12.0 Å². The summed E-state index contributed by atoms with van der Waals surface area (Å²) in [6, 6.07) is 16.4. The summed E-state index contributed by atoms with van der Waals surface area (Å²) in [6.45, 7) is 3.29. The third-order valence-electron chi connectivity index (χ3n) is 5.34. The molecule has 0 saturated heterocycles. The Hall–Kier alpha value is -2.37. The van der Waals surface area contributed by atoms with Crippen LogP contribution in [0.5, 0.6) is 0 Å². The van der Waals surface area contributed by atoms with Crippen LogP contribution >= 0.6 is 0 Å². The van der Waals surface area contributed by atoms with Gasteiger partial charge in [-0.15, -0.1) is 0 Å². The molecule has 136 valence electrons. The highest BCUT2D eigenvalue weighted by Gasteiger charge is 2.28. The van der Waals surface area contributed by atoms with E-state index < -0.39 is 6.10 Å². The topological polar surface area (TPSA) is 64.6 Å². The molecule has 0 bridgehead atoms. The molecule has 2 aromatic rings. The van der Waals surface area contributed by atoms with E-state index in [2.05, 4.69) is 39.8 Å². The Kier molecular flexibility index (Phi) is 4.91. The lowest BCUT2D eigenvalue weighted by Crippen LogP contribution is -2.43. The van der Waals surface area contributed by atoms with E-state index in [-0.39, 0.29) is 18.4 Å². The van der Waals surface area contributed by atoms with E-state index in [4.69, 9.17) is 0 Å². The second kappa shape index (κ2) is 7.48. The molecular formula is C21H25N3O2. The Balaban J connectivity index is 1.27. The molecule has 0 fully saturated rings. The summed E-state index contributed by atoms with van der Waals surface area (Å²) < 4.78 is 0. The second-order valence-electron chi connectivity index (χ2n) is 7.17. The Morgan fingerprint density at radius 1 is 1.19 bits per heavy atom. The van der Waals surface area contributed by atoms with Gasteiger partial charge < -0.3 is 15.7 Å². The minimum Gasteiger partial charge on any atom is -0.390 e. The molecule has 5 heteroatoms. The summed E-state index contributed by atoms with van der Waals surface area (Å²) >= 11 is 0. The molecule has 2 aliphatic heterocycles. The Labute approximate surface area is 154 Å². The van der Waals surface area contributed by atoms with Crippen molar-refractivity contribution in [2.45, 2.75) is 25.0 Å². The summed E-state index contributed by atoms with van der Waals surface area (Å²) in [7, 11) is 0. The molecular weight excluding hydrogens is 326 g/mol. The maximum atomic E-state index is 12.5. The quantitative estimate of drug-likeness (QED) is 0.768. The van der Waals surface area contributed by atoms with Gasteiger partial charge in [0.1, 0.15) is 0 Å². The molecule has 0 spiro atoms. The first kappa shape index (κ1) is 17.1. The lowest BCUT2D eigenvalue weighted by molar-refractivity contribution is -0.122. The smallest absolute Gasteiger partial charge is 0.229 e. The Morgan fingerprint density at radius 3 is 2.85 bits per heavy atom. The number of benzene rings is 2. The monoisotopic (exact) mass is 351 g/mol. The second-order valence-corrected chi connectivity index (χ2v) is 7.17. The van der Waals surface area contributed by atoms with Gasteiger partial charge in [-0.05, 0) is 29.2 Å². The highest BCUT2D eigenvalue weighted by atomic mass is 16.3. The first-order valence-electron chi connectivity index (χ1n) is 9.28. The molecule has 26 heavy (non-hydrogen) atoms. The Bertz CT molecular complexity index is 792. The van der Waals surface area contributed by atoms with Crippen molar-refractivity contribution in [2.75, 3.05) is 31.5 Å². The fourth-order valence-corrected chi connectivity index (χ4v) is 3.93. The fraction of sp³-hybridized carbons (Fsp3) is 0.381. The highest BCUT2D eigenvalue weighted by molar-refractivity contribution is 5.88. The van der Waals surface area contributed by atoms with E-state index >= 15 is 0 Å². The van der Waals surface area contributed by atoms with Gasteiger partial charge in [0.2, 0.25) is 5.91 Å². The number of hydrogen-bond donors (Lipinski definition) is 3. The van der Waals surface area contributed by atoms with Gasteiger partial charge in [0.25, 0.3) is 0 Å². The molecule has 0 aliphatic carbocycles. The van der Waals surface area contributed by atoms with E-state index in [1.807, 2.05) is 24.3 Å². The van der Waals surface area contributed by atoms with Crippen LogP contribution < -0.4 is 10.6 Å². The van der Waals surface area contributed by atoms with Gasteiger partial charge in [-0.1, -0.05) is 42.5 Å². The lowest BCUT2D eigenvalue weighted by atomic mass is 9.99. The van der Waals surface area contributed by atoms with Gasteiger partial charge in [0, 0.05) is 38.4 Å². The van der Waals surface area contributed by atoms with E-state index in [0.717, 1.165) is 30.8 Å². The zero-order valence-electron chi connectivity index (χ0n) is 14.8. The van der Waals surface area contributed by atoms with E-state index in [0.29, 0.717) is 13.1 Å². The summed E-state index contributed by atoms with van der Waals surface area (Å²) in [6.07, 6.45) is 0.452. The lowest BCUT2D eigenvalue weighted by Gasteiger charge is -2.30. The molecule has 0 aromatic heterocycles. The number of rotatable bonds is 5. The van der Waals surface area contributed by atoms with Gasteiger partial charge in [-0.2, -0.15) is 0 Å². The number of β-amino-alcohol motifs (C(OH)–C–C–N with tert-alkyl or cyclic N) is 1. The summed E-state index contributed by atoms with van der Waals surface area (Å²) in [5.74, 6) is -0.203. The Morgan fingerprint density at radius 2 is 1.96 bits per heavy atom. The van der Waals surface area contributed by atoms with Crippen LogP contribution in [-0.4, -0.2) is 48.2 Å². The molecule has 2 unspecified atom stereocenters. The number of nitrogens with zero attached hydrogens (tertiary/aromatic N) is 1. The minimum atomic E-state index is -0.561. The van der Waals surface area contributed by atoms with Crippen LogP contribution in [0, 0.1) is 0 Å². The number of para-hydroxylation sites is 1. The van der Waals surface area contributed by atoms with Gasteiger partial charge in [-0.3, -0.25) is 9.69 Å². The van der Waals surface area contributed by atoms with Crippen molar-refractivity contribution in [1.29, 1.82) is 0 Å². The first-order valence-corrected chi connectivity index (χ1v) is 9.28. The number of aliphatic hydroxyl groups is 1. The van der Waals surface area contributed by atoms with Gasteiger partial charge >= 0.3 is 0 Å². The van der Waals surface area contributed by atoms with Gasteiger partial charge in [0.15, 0.2) is 0 Å². The van der Waals surface area contributed by atoms with Crippen LogP contribution in [0.4, 0.5) is 5.69 Å². The number of aliphatic hydroxyl groups excluding tert-OH is 1. The SMILES string of the molecule is O=C(NCC(O)CN1CCc2ccccc2C1)C1CNc2ccccc21. The number of anilines is 1. The predicted octanol–water partition coefficient (Wildman–Crippen LogP) is 1.73. The van der Waals surface area contributed by atoms with Crippen LogP contribution in [0.1, 0.15) is 22.6 Å². The first-order chi connectivity index (χ1) is 12.7. The van der Waals surface area contributed by atoms with Crippen LogP contribution in [0.15, 0.2) is 48.5 Å². The molecule has 2 atom stereocenters. The van der Waals surface area contributed by atoms with Crippen molar-refractivity contribution in [3.63, 3.8) is 0 Å². The van der Waals surface area contributed by atoms with Crippen molar-refractivity contribution in [3.05, 3.63) is 65.2 Å². The molecule has 1 amide bonds. The van der Waals surface area contributed by atoms with Crippen molar-refractivity contribution >= 4 is 11.6 Å². The van der Waals surface area contributed by atoms with Crippen LogP contribution in [0.3, 0.4) is 0 Å². The number of hydrogen-bond acceptors (Lipinski definition) is 4. The number of carbonyl (C=O) groups is 1. The molecule has 0 saturated carbocycles. The summed E-state index contributed by atoms with van der Waals surface area (Å²) in [4.78, 5) is 14.7. The standard InChI is InChI=1S/C21H25N3O2/c25-17(14-24-10-9-15-5-1-2-6-16(15)13-24)11-23-21(26)19-12-22-20-8-4-3-7-18(19)20/h1-8,17,19,22,25H,9-14H2,(H,23,26). The van der Waals surface area contributed by atoms with E-state index in [1.54, 1.807) is 0 Å². The molecule has 3 N–H and O–H groups in total. The van der Waals surface area contributed by atoms with Crippen LogP contribution in [-0.2, 0) is 17.8 Å². The van der Waals surface area contributed by atoms with Crippen molar-refractivity contribution < 1.29 is 9.90 Å². The van der Waals surface area contributed by atoms with E-state index in [1.165, 1.54) is 11.1 Å². The maximum absolute atomic E-state index is 12.5. The normalized spacial score (nSPS) is 20.0. The van der Waals surface area contributed by atoms with Gasteiger partial charge in [-0.25, -0.2) is 0 Å². The average molecular weight is 351 g/mol. The van der Waals surface area contributed by atoms with Crippen molar-refractivity contribution in [1.82, 2.24) is 10.2 Å². The maximum Gasteiger partial charge on any atom is 0.229 e. The zero-order valence-corrected chi connectivity index (χ0v) is 14.8. The highest BCUT2D eigenvalue weighted by Crippen LogP contribution is 2.30. The molecule has 2 aliphatic rings. The van der Waals surface area contributed by atoms with Crippen molar-refractivity contribution in [2.24, 2.45) is 0 Å². The largest absolute Gasteiger partial charge is 0.390 e. The fourth-order valence-electron chi connectivity index (χ4n) is 3.93. The third kappa shape index (κ3) is 3.59. The molecule has 2 heterocycles. The molecule has 5 nitrogen and oxygen atoms in total. The number of fused-ring (bicyclic) bond motifs is 2. The predicted molar refractivity (Wildman–Crippen MR) is 102 cm³/mol. The number of amides is 1. The van der Waals surface area contributed by atoms with Crippen LogP contribution in [0.25, 0.3) is 0 Å². The average Bonchev–Trinajstić information content (AvgIpc) is 3.10. The minimum absolute atomic E-state index is 0.0227. The van der Waals surface area contributed by atoms with Crippen molar-refractivity contribution in [3.8, 4) is 0 Å². The summed E-state index contributed by atoms with van der Waals surface area (Å²) in [5.41, 5.74) is 4.80.